The summed E-state index contributed by atoms with van der Waals surface area (Å²) < 4.78 is 19.2. The Kier molecular flexibility index (Phi) is 12.2. The third-order valence-electron chi connectivity index (χ3n) is 4.86. The Morgan fingerprint density at radius 1 is 1.09 bits per heavy atom. The highest BCUT2D eigenvalue weighted by Crippen LogP contribution is 2.26. The van der Waals surface area contributed by atoms with Crippen LogP contribution in [-0.2, 0) is 11.2 Å². The number of nitrogens with zero attached hydrogens (tertiary/aromatic N) is 2. The van der Waals surface area contributed by atoms with Crippen LogP contribution in [-0.4, -0.2) is 22.4 Å². The highest BCUT2D eigenvalue weighted by Gasteiger charge is 2.18. The molecule has 0 aliphatic carbocycles. The van der Waals surface area contributed by atoms with Crippen LogP contribution in [0.1, 0.15) is 73.5 Å². The van der Waals surface area contributed by atoms with E-state index in [1.54, 1.807) is 19.1 Å². The molecule has 0 saturated carbocycles. The number of ether oxygens (including phenoxy) is 1. The van der Waals surface area contributed by atoms with Crippen molar-refractivity contribution in [2.45, 2.75) is 60.9 Å². The second-order valence-corrected chi connectivity index (χ2v) is 7.95. The largest absolute Gasteiger partial charge is 0.461 e. The molecule has 33 heavy (non-hydrogen) atoms. The molecule has 3 rings (SSSR count). The first-order valence-corrected chi connectivity index (χ1v) is 11.9. The average molecular weight is 495 g/mol. The Hall–Kier alpha value is -2.37. The smallest absolute Gasteiger partial charge is 0.358 e. The van der Waals surface area contributed by atoms with E-state index in [4.69, 9.17) is 27.9 Å². The highest BCUT2D eigenvalue weighted by atomic mass is 35.5. The molecule has 0 N–H and O–H groups in total. The Labute approximate surface area is 206 Å². The maximum atomic E-state index is 12.4. The zero-order valence-corrected chi connectivity index (χ0v) is 21.9. The fourth-order valence-corrected chi connectivity index (χ4v) is 3.67. The molecule has 1 atom stereocenters. The van der Waals surface area contributed by atoms with Crippen LogP contribution < -0.4 is 0 Å². The quantitative estimate of drug-likeness (QED) is 0.337. The van der Waals surface area contributed by atoms with Crippen molar-refractivity contribution in [1.82, 2.24) is 9.78 Å². The zero-order chi connectivity index (χ0) is 25.1. The van der Waals surface area contributed by atoms with Crippen LogP contribution in [0.4, 0.5) is 4.39 Å². The van der Waals surface area contributed by atoms with E-state index in [9.17, 15) is 9.18 Å². The third kappa shape index (κ3) is 8.17. The summed E-state index contributed by atoms with van der Waals surface area (Å²) in [5.41, 5.74) is 4.46. The number of aromatic nitrogens is 2. The van der Waals surface area contributed by atoms with Crippen LogP contribution in [0.3, 0.4) is 0 Å². The first-order valence-electron chi connectivity index (χ1n) is 11.1. The van der Waals surface area contributed by atoms with Crippen molar-refractivity contribution in [3.63, 3.8) is 0 Å². The maximum absolute atomic E-state index is 12.4. The van der Waals surface area contributed by atoms with E-state index in [1.165, 1.54) is 12.1 Å². The minimum absolute atomic E-state index is 0.00752. The van der Waals surface area contributed by atoms with Gasteiger partial charge in [0.15, 0.2) is 5.69 Å². The normalized spacial score (nSPS) is 11.0. The molecular formula is C26H33Cl2FN2O2. The van der Waals surface area contributed by atoms with Crippen LogP contribution >= 0.6 is 23.2 Å². The average Bonchev–Trinajstić information content (AvgIpc) is 3.19. The molecule has 1 unspecified atom stereocenters. The van der Waals surface area contributed by atoms with Gasteiger partial charge in [-0.15, -0.1) is 0 Å². The first-order chi connectivity index (χ1) is 15.7. The number of esters is 1. The summed E-state index contributed by atoms with van der Waals surface area (Å²) in [5.74, 6) is -0.670. The lowest BCUT2D eigenvalue weighted by Gasteiger charge is -2.17. The standard InChI is InChI=1S/C16H19ClN2O2.C8H8ClF.C2H6/c1-5-21-16(20)15-8-11(3)19(18-15)12(4)14-9-13(17)7-6-10(14)2;1-2-6-3-4-7(10)5-8(6)9;1-2/h6-9,12H,5H2,1-4H3;3-5H,2H2,1H3;1-2H3. The summed E-state index contributed by atoms with van der Waals surface area (Å²) in [6, 6.07) is 12.0. The van der Waals surface area contributed by atoms with Gasteiger partial charge >= 0.3 is 5.97 Å². The number of hydrogen-bond acceptors (Lipinski definition) is 3. The minimum atomic E-state index is -0.394. The van der Waals surface area contributed by atoms with Crippen molar-refractivity contribution in [3.05, 3.63) is 86.4 Å². The van der Waals surface area contributed by atoms with Gasteiger partial charge in [-0.3, -0.25) is 4.68 Å². The number of carbonyl (C=O) groups is 1. The monoisotopic (exact) mass is 494 g/mol. The molecule has 0 aliphatic rings. The molecular weight excluding hydrogens is 462 g/mol. The Bertz CT molecular complexity index is 1050. The molecule has 0 fully saturated rings. The summed E-state index contributed by atoms with van der Waals surface area (Å²) in [5, 5.41) is 5.58. The lowest BCUT2D eigenvalue weighted by Crippen LogP contribution is -2.13. The van der Waals surface area contributed by atoms with Crippen molar-refractivity contribution >= 4 is 29.2 Å². The fraction of sp³-hybridized carbons (Fsp3) is 0.385. The van der Waals surface area contributed by atoms with Crippen LogP contribution in [0.5, 0.6) is 0 Å². The topological polar surface area (TPSA) is 44.1 Å². The number of hydrogen-bond donors (Lipinski definition) is 0. The molecule has 0 saturated heterocycles. The van der Waals surface area contributed by atoms with Gasteiger partial charge in [0.25, 0.3) is 0 Å². The predicted molar refractivity (Wildman–Crippen MR) is 135 cm³/mol. The van der Waals surface area contributed by atoms with Crippen LogP contribution in [0.25, 0.3) is 0 Å². The van der Waals surface area contributed by atoms with Crippen molar-refractivity contribution in [2.24, 2.45) is 0 Å². The van der Waals surface area contributed by atoms with E-state index >= 15 is 0 Å². The van der Waals surface area contributed by atoms with E-state index in [1.807, 2.05) is 64.4 Å². The summed E-state index contributed by atoms with van der Waals surface area (Å²) in [4.78, 5) is 11.8. The van der Waals surface area contributed by atoms with E-state index in [2.05, 4.69) is 5.10 Å². The number of rotatable bonds is 5. The summed E-state index contributed by atoms with van der Waals surface area (Å²) in [6.07, 6.45) is 0.846. The van der Waals surface area contributed by atoms with Gasteiger partial charge in [0.1, 0.15) is 5.82 Å². The van der Waals surface area contributed by atoms with E-state index < -0.39 is 5.97 Å². The zero-order valence-electron chi connectivity index (χ0n) is 20.4. The Morgan fingerprint density at radius 3 is 2.33 bits per heavy atom. The molecule has 1 aromatic heterocycles. The van der Waals surface area contributed by atoms with Crippen molar-refractivity contribution in [1.29, 1.82) is 0 Å². The number of aryl methyl sites for hydroxylation is 3. The van der Waals surface area contributed by atoms with Gasteiger partial charge in [0.2, 0.25) is 0 Å². The number of benzene rings is 2. The number of carbonyl (C=O) groups excluding carboxylic acids is 1. The minimum Gasteiger partial charge on any atom is -0.461 e. The predicted octanol–water partition coefficient (Wildman–Crippen LogP) is 8.01. The third-order valence-corrected chi connectivity index (χ3v) is 5.45. The molecule has 7 heteroatoms. The lowest BCUT2D eigenvalue weighted by molar-refractivity contribution is 0.0518. The second kappa shape index (κ2) is 14.0. The summed E-state index contributed by atoms with van der Waals surface area (Å²) in [6.45, 7) is 14.1. The molecule has 1 heterocycles. The molecule has 0 amide bonds. The molecule has 3 aromatic rings. The lowest BCUT2D eigenvalue weighted by atomic mass is 10.0. The summed E-state index contributed by atoms with van der Waals surface area (Å²) >= 11 is 11.8. The Balaban J connectivity index is 0.000000380. The molecule has 0 aliphatic heterocycles. The molecule has 0 bridgehead atoms. The van der Waals surface area contributed by atoms with Gasteiger partial charge in [0, 0.05) is 15.7 Å². The maximum Gasteiger partial charge on any atom is 0.358 e. The van der Waals surface area contributed by atoms with Gasteiger partial charge in [0.05, 0.1) is 12.6 Å². The van der Waals surface area contributed by atoms with Gasteiger partial charge in [-0.05, 0) is 81.1 Å². The van der Waals surface area contributed by atoms with E-state index in [-0.39, 0.29) is 11.9 Å². The molecule has 4 nitrogen and oxygen atoms in total. The van der Waals surface area contributed by atoms with Crippen molar-refractivity contribution < 1.29 is 13.9 Å². The van der Waals surface area contributed by atoms with Gasteiger partial charge < -0.3 is 4.74 Å². The fourth-order valence-electron chi connectivity index (χ4n) is 3.19. The van der Waals surface area contributed by atoms with Crippen LogP contribution in [0.15, 0.2) is 42.5 Å². The van der Waals surface area contributed by atoms with Crippen molar-refractivity contribution in [2.75, 3.05) is 6.61 Å². The molecule has 180 valence electrons. The van der Waals surface area contributed by atoms with Crippen molar-refractivity contribution in [3.8, 4) is 0 Å². The van der Waals surface area contributed by atoms with E-state index in [0.717, 1.165) is 28.8 Å². The highest BCUT2D eigenvalue weighted by molar-refractivity contribution is 6.31. The van der Waals surface area contributed by atoms with Gasteiger partial charge in [-0.1, -0.05) is 56.1 Å². The molecule has 2 aromatic carbocycles. The number of halogens is 3. The van der Waals surface area contributed by atoms with Crippen LogP contribution in [0, 0.1) is 19.7 Å². The van der Waals surface area contributed by atoms with Crippen LogP contribution in [0.2, 0.25) is 10.0 Å². The van der Waals surface area contributed by atoms with Gasteiger partial charge in [-0.2, -0.15) is 5.10 Å². The Morgan fingerprint density at radius 2 is 1.76 bits per heavy atom. The van der Waals surface area contributed by atoms with Gasteiger partial charge in [-0.25, -0.2) is 9.18 Å². The second-order valence-electron chi connectivity index (χ2n) is 7.10. The molecule has 0 radical (unpaired) electrons. The SMILES string of the molecule is CC.CCOC(=O)c1cc(C)n(C(C)c2cc(Cl)ccc2C)n1.CCc1ccc(F)cc1Cl. The summed E-state index contributed by atoms with van der Waals surface area (Å²) in [7, 11) is 0. The first kappa shape index (κ1) is 28.7. The molecule has 0 spiro atoms. The van der Waals surface area contributed by atoms with E-state index in [0.29, 0.717) is 22.3 Å².